The number of carbonyl (C=O) groups excluding carboxylic acids is 1. The van der Waals surface area contributed by atoms with Crippen LogP contribution in [0.1, 0.15) is 12.0 Å². The third kappa shape index (κ3) is 4.20. The maximum absolute atomic E-state index is 10.8. The van der Waals surface area contributed by atoms with Gasteiger partial charge in [-0.05, 0) is 18.2 Å². The Labute approximate surface area is 103 Å². The first-order valence-electron chi connectivity index (χ1n) is 4.88. The highest BCUT2D eigenvalue weighted by molar-refractivity contribution is 9.10. The van der Waals surface area contributed by atoms with E-state index in [1.807, 2.05) is 6.07 Å². The fraction of sp³-hybridized carbons (Fsp3) is 0.364. The highest BCUT2D eigenvalue weighted by Crippen LogP contribution is 2.21. The summed E-state index contributed by atoms with van der Waals surface area (Å²) >= 11 is 3.33. The minimum atomic E-state index is -0.244. The fourth-order valence-electron chi connectivity index (χ4n) is 1.21. The normalized spacial score (nSPS) is 10.1. The van der Waals surface area contributed by atoms with Gasteiger partial charge in [0.15, 0.2) is 0 Å². The number of esters is 1. The Balaban J connectivity index is 2.37. The highest BCUT2D eigenvalue weighted by Gasteiger charge is 2.03. The summed E-state index contributed by atoms with van der Waals surface area (Å²) in [5, 5.41) is 12.6. The molecule has 0 saturated carbocycles. The van der Waals surface area contributed by atoms with Crippen LogP contribution in [0.5, 0.6) is 5.75 Å². The summed E-state index contributed by atoms with van der Waals surface area (Å²) in [5.74, 6) is -0.000248. The van der Waals surface area contributed by atoms with Crippen molar-refractivity contribution in [2.45, 2.75) is 13.0 Å². The Bertz CT molecular complexity index is 368. The lowest BCUT2D eigenvalue weighted by Gasteiger charge is -2.06. The van der Waals surface area contributed by atoms with Gasteiger partial charge in [0.2, 0.25) is 0 Å². The van der Waals surface area contributed by atoms with Gasteiger partial charge in [-0.2, -0.15) is 0 Å². The maximum atomic E-state index is 10.8. The van der Waals surface area contributed by atoms with E-state index in [4.69, 9.17) is 0 Å². The van der Waals surface area contributed by atoms with Crippen LogP contribution in [0.25, 0.3) is 0 Å². The summed E-state index contributed by atoms with van der Waals surface area (Å²) in [6.07, 6.45) is 0.325. The molecule has 0 aromatic heterocycles. The molecule has 0 radical (unpaired) electrons. The monoisotopic (exact) mass is 287 g/mol. The number of aromatic hydroxyl groups is 1. The number of ether oxygens (including phenoxy) is 1. The van der Waals surface area contributed by atoms with E-state index in [9.17, 15) is 9.90 Å². The van der Waals surface area contributed by atoms with Crippen molar-refractivity contribution < 1.29 is 14.6 Å². The number of hydrogen-bond donors (Lipinski definition) is 2. The van der Waals surface area contributed by atoms with Crippen LogP contribution >= 0.6 is 15.9 Å². The second-order valence-corrected chi connectivity index (χ2v) is 4.19. The number of methoxy groups -OCH3 is 1. The van der Waals surface area contributed by atoms with Gasteiger partial charge in [-0.3, -0.25) is 4.79 Å². The van der Waals surface area contributed by atoms with Crippen molar-refractivity contribution in [3.63, 3.8) is 0 Å². The molecule has 0 heterocycles. The third-order valence-electron chi connectivity index (χ3n) is 2.09. The van der Waals surface area contributed by atoms with Crippen molar-refractivity contribution in [2.75, 3.05) is 13.7 Å². The van der Waals surface area contributed by atoms with Crippen molar-refractivity contribution in [3.8, 4) is 5.75 Å². The molecule has 0 bridgehead atoms. The topological polar surface area (TPSA) is 58.6 Å². The summed E-state index contributed by atoms with van der Waals surface area (Å²) in [6, 6.07) is 5.23. The molecule has 0 fully saturated rings. The standard InChI is InChI=1S/C11H14BrNO3/c1-16-11(15)4-5-13-7-8-6-9(12)2-3-10(8)14/h2-3,6,13-14H,4-5,7H2,1H3. The van der Waals surface area contributed by atoms with Crippen molar-refractivity contribution in [1.29, 1.82) is 0 Å². The van der Waals surface area contributed by atoms with Gasteiger partial charge in [0, 0.05) is 23.1 Å². The Morgan fingerprint density at radius 1 is 1.56 bits per heavy atom. The van der Waals surface area contributed by atoms with Crippen LogP contribution in [-0.2, 0) is 16.1 Å². The van der Waals surface area contributed by atoms with Crippen LogP contribution in [0.4, 0.5) is 0 Å². The van der Waals surface area contributed by atoms with E-state index in [2.05, 4.69) is 26.0 Å². The van der Waals surface area contributed by atoms with Gasteiger partial charge >= 0.3 is 5.97 Å². The second-order valence-electron chi connectivity index (χ2n) is 3.28. The van der Waals surface area contributed by atoms with Crippen LogP contribution < -0.4 is 5.32 Å². The van der Waals surface area contributed by atoms with Crippen molar-refractivity contribution in [1.82, 2.24) is 5.32 Å². The van der Waals surface area contributed by atoms with Crippen LogP contribution in [0.15, 0.2) is 22.7 Å². The molecular formula is C11H14BrNO3. The minimum absolute atomic E-state index is 0.244. The molecule has 0 unspecified atom stereocenters. The van der Waals surface area contributed by atoms with Gasteiger partial charge in [0.1, 0.15) is 5.75 Å². The molecule has 16 heavy (non-hydrogen) atoms. The third-order valence-corrected chi connectivity index (χ3v) is 2.58. The summed E-state index contributed by atoms with van der Waals surface area (Å²) in [7, 11) is 1.36. The summed E-state index contributed by atoms with van der Waals surface area (Å²) in [5.41, 5.74) is 0.791. The average Bonchev–Trinajstić information content (AvgIpc) is 2.28. The largest absolute Gasteiger partial charge is 0.508 e. The van der Waals surface area contributed by atoms with E-state index in [1.165, 1.54) is 7.11 Å². The Hall–Kier alpha value is -1.07. The molecule has 4 nitrogen and oxygen atoms in total. The Morgan fingerprint density at radius 2 is 2.31 bits per heavy atom. The number of phenolic OH excluding ortho intramolecular Hbond substituents is 1. The second kappa shape index (κ2) is 6.50. The average molecular weight is 288 g/mol. The highest BCUT2D eigenvalue weighted by atomic mass is 79.9. The fourth-order valence-corrected chi connectivity index (χ4v) is 1.62. The molecule has 1 aromatic rings. The number of rotatable bonds is 5. The molecule has 0 amide bonds. The quantitative estimate of drug-likeness (QED) is 0.641. The van der Waals surface area contributed by atoms with Crippen LogP contribution in [0.2, 0.25) is 0 Å². The molecule has 0 spiro atoms. The number of hydrogen-bond acceptors (Lipinski definition) is 4. The summed E-state index contributed by atoms with van der Waals surface area (Å²) in [6.45, 7) is 1.04. The minimum Gasteiger partial charge on any atom is -0.508 e. The lowest BCUT2D eigenvalue weighted by Crippen LogP contribution is -2.18. The first kappa shape index (κ1) is 13.0. The van der Waals surface area contributed by atoms with Crippen molar-refractivity contribution in [2.24, 2.45) is 0 Å². The van der Waals surface area contributed by atoms with Gasteiger partial charge in [0.05, 0.1) is 13.5 Å². The van der Waals surface area contributed by atoms with Gasteiger partial charge in [0.25, 0.3) is 0 Å². The van der Waals surface area contributed by atoms with Crippen molar-refractivity contribution >= 4 is 21.9 Å². The first-order chi connectivity index (χ1) is 7.63. The number of benzene rings is 1. The van der Waals surface area contributed by atoms with Gasteiger partial charge in [-0.15, -0.1) is 0 Å². The number of phenols is 1. The lowest BCUT2D eigenvalue weighted by molar-refractivity contribution is -0.140. The lowest BCUT2D eigenvalue weighted by atomic mass is 10.2. The molecule has 0 aliphatic carbocycles. The molecule has 0 aliphatic rings. The Morgan fingerprint density at radius 3 is 3.00 bits per heavy atom. The predicted molar refractivity (Wildman–Crippen MR) is 64.1 cm³/mol. The molecule has 2 N–H and O–H groups in total. The smallest absolute Gasteiger partial charge is 0.306 e. The van der Waals surface area contributed by atoms with E-state index in [1.54, 1.807) is 12.1 Å². The molecule has 1 aromatic carbocycles. The van der Waals surface area contributed by atoms with E-state index < -0.39 is 0 Å². The predicted octanol–water partition coefficient (Wildman–Crippen LogP) is 1.81. The molecule has 0 aliphatic heterocycles. The molecule has 0 atom stereocenters. The van der Waals surface area contributed by atoms with E-state index in [0.717, 1.165) is 10.0 Å². The van der Waals surface area contributed by atoms with Gasteiger partial charge in [-0.25, -0.2) is 0 Å². The van der Waals surface area contributed by atoms with Gasteiger partial charge in [-0.1, -0.05) is 15.9 Å². The molecule has 88 valence electrons. The van der Waals surface area contributed by atoms with E-state index >= 15 is 0 Å². The zero-order valence-corrected chi connectivity index (χ0v) is 10.6. The molecule has 1 rings (SSSR count). The summed E-state index contributed by atoms with van der Waals surface area (Å²) < 4.78 is 5.42. The van der Waals surface area contributed by atoms with E-state index in [-0.39, 0.29) is 11.7 Å². The summed E-state index contributed by atoms with van der Waals surface area (Å²) in [4.78, 5) is 10.8. The first-order valence-corrected chi connectivity index (χ1v) is 5.67. The zero-order chi connectivity index (χ0) is 12.0. The molecule has 0 saturated heterocycles. The maximum Gasteiger partial charge on any atom is 0.306 e. The van der Waals surface area contributed by atoms with Crippen LogP contribution in [0, 0.1) is 0 Å². The number of nitrogens with one attached hydrogen (secondary N) is 1. The van der Waals surface area contributed by atoms with E-state index in [0.29, 0.717) is 19.5 Å². The van der Waals surface area contributed by atoms with Crippen molar-refractivity contribution in [3.05, 3.63) is 28.2 Å². The van der Waals surface area contributed by atoms with Crippen LogP contribution in [-0.4, -0.2) is 24.7 Å². The number of halogens is 1. The molecule has 5 heteroatoms. The number of carbonyl (C=O) groups is 1. The SMILES string of the molecule is COC(=O)CCNCc1cc(Br)ccc1O. The van der Waals surface area contributed by atoms with Crippen LogP contribution in [0.3, 0.4) is 0 Å². The van der Waals surface area contributed by atoms with Gasteiger partial charge < -0.3 is 15.2 Å². The zero-order valence-electron chi connectivity index (χ0n) is 9.00. The Kier molecular flexibility index (Phi) is 5.28. The molecular weight excluding hydrogens is 274 g/mol.